The minimum atomic E-state index is -0.711. The molecule has 146 valence electrons. The highest BCUT2D eigenvalue weighted by Gasteiger charge is 2.40. The van der Waals surface area contributed by atoms with Gasteiger partial charge in [-0.2, -0.15) is 0 Å². The van der Waals surface area contributed by atoms with Crippen molar-refractivity contribution in [2.75, 3.05) is 4.90 Å². The van der Waals surface area contributed by atoms with E-state index < -0.39 is 6.23 Å². The van der Waals surface area contributed by atoms with Gasteiger partial charge in [0.25, 0.3) is 5.91 Å². The molecule has 1 aromatic heterocycles. The smallest absolute Gasteiger partial charge is 0.265 e. The highest BCUT2D eigenvalue weighted by Crippen LogP contribution is 2.42. The van der Waals surface area contributed by atoms with Gasteiger partial charge in [-0.3, -0.25) is 9.69 Å². The van der Waals surface area contributed by atoms with Crippen LogP contribution in [-0.2, 0) is 9.53 Å². The van der Waals surface area contributed by atoms with Crippen LogP contribution in [0, 0.1) is 0 Å². The fourth-order valence-corrected chi connectivity index (χ4v) is 3.67. The second kappa shape index (κ2) is 7.76. The van der Waals surface area contributed by atoms with Gasteiger partial charge in [-0.15, -0.1) is 0 Å². The standard InChI is InChI=1S/C26H19NO3/c28-25-23(19-11-4-1-5-12-19)24(20-13-6-2-7-14-20)30-26(22-17-10-18-29-22)27(25)21-15-8-3-9-16-21/h1-18,26H/t26-/m0/s1. The topological polar surface area (TPSA) is 42.7 Å². The lowest BCUT2D eigenvalue weighted by Gasteiger charge is -2.37. The van der Waals surface area contributed by atoms with E-state index in [4.69, 9.17) is 9.15 Å². The molecule has 1 atom stereocenters. The summed E-state index contributed by atoms with van der Waals surface area (Å²) in [4.78, 5) is 15.6. The first-order valence-corrected chi connectivity index (χ1v) is 9.77. The van der Waals surface area contributed by atoms with Crippen molar-refractivity contribution in [1.82, 2.24) is 0 Å². The lowest BCUT2D eigenvalue weighted by Crippen LogP contribution is -2.40. The highest BCUT2D eigenvalue weighted by molar-refractivity contribution is 6.32. The molecule has 0 saturated heterocycles. The Morgan fingerprint density at radius 1 is 0.667 bits per heavy atom. The minimum absolute atomic E-state index is 0.140. The molecular formula is C26H19NO3. The summed E-state index contributed by atoms with van der Waals surface area (Å²) in [6, 6.07) is 32.5. The van der Waals surface area contributed by atoms with E-state index in [0.29, 0.717) is 17.1 Å². The quantitative estimate of drug-likeness (QED) is 0.433. The second-order valence-electron chi connectivity index (χ2n) is 6.93. The Labute approximate surface area is 174 Å². The summed E-state index contributed by atoms with van der Waals surface area (Å²) < 4.78 is 12.2. The number of rotatable bonds is 4. The lowest BCUT2D eigenvalue weighted by molar-refractivity contribution is -0.116. The van der Waals surface area contributed by atoms with Crippen LogP contribution < -0.4 is 4.90 Å². The zero-order valence-electron chi connectivity index (χ0n) is 16.1. The molecule has 0 N–H and O–H groups in total. The van der Waals surface area contributed by atoms with Gasteiger partial charge in [0, 0.05) is 11.3 Å². The van der Waals surface area contributed by atoms with Crippen molar-refractivity contribution < 1.29 is 13.9 Å². The lowest BCUT2D eigenvalue weighted by atomic mass is 9.97. The molecule has 0 bridgehead atoms. The average Bonchev–Trinajstić information content (AvgIpc) is 3.35. The Morgan fingerprint density at radius 3 is 1.87 bits per heavy atom. The van der Waals surface area contributed by atoms with Gasteiger partial charge in [0.05, 0.1) is 11.8 Å². The van der Waals surface area contributed by atoms with E-state index in [1.807, 2.05) is 97.1 Å². The van der Waals surface area contributed by atoms with Gasteiger partial charge in [-0.25, -0.2) is 0 Å². The first kappa shape index (κ1) is 18.0. The third-order valence-corrected chi connectivity index (χ3v) is 5.04. The van der Waals surface area contributed by atoms with E-state index in [-0.39, 0.29) is 5.91 Å². The van der Waals surface area contributed by atoms with Gasteiger partial charge in [-0.05, 0) is 29.8 Å². The summed E-state index contributed by atoms with van der Waals surface area (Å²) >= 11 is 0. The third-order valence-electron chi connectivity index (χ3n) is 5.04. The predicted molar refractivity (Wildman–Crippen MR) is 116 cm³/mol. The molecule has 0 radical (unpaired) electrons. The molecule has 4 aromatic rings. The van der Waals surface area contributed by atoms with Gasteiger partial charge in [0.15, 0.2) is 5.76 Å². The molecule has 4 nitrogen and oxygen atoms in total. The molecule has 5 rings (SSSR count). The Balaban J connectivity index is 1.75. The largest absolute Gasteiger partial charge is 0.463 e. The maximum absolute atomic E-state index is 14.0. The van der Waals surface area contributed by atoms with Crippen molar-refractivity contribution in [3.8, 4) is 0 Å². The zero-order valence-corrected chi connectivity index (χ0v) is 16.1. The first-order chi connectivity index (χ1) is 14.8. The SMILES string of the molecule is O=C1C(c2ccccc2)=C(c2ccccc2)O[C@@H](c2ccco2)N1c1ccccc1. The van der Waals surface area contributed by atoms with Gasteiger partial charge in [0.2, 0.25) is 6.23 Å². The predicted octanol–water partition coefficient (Wildman–Crippen LogP) is 5.91. The fraction of sp³-hybridized carbons (Fsp3) is 0.0385. The highest BCUT2D eigenvalue weighted by atomic mass is 16.5. The van der Waals surface area contributed by atoms with Gasteiger partial charge >= 0.3 is 0 Å². The molecule has 1 amide bonds. The van der Waals surface area contributed by atoms with Crippen molar-refractivity contribution in [1.29, 1.82) is 0 Å². The number of benzene rings is 3. The van der Waals surface area contributed by atoms with Crippen molar-refractivity contribution in [2.24, 2.45) is 0 Å². The number of nitrogens with zero attached hydrogens (tertiary/aromatic N) is 1. The van der Waals surface area contributed by atoms with E-state index in [2.05, 4.69) is 0 Å². The van der Waals surface area contributed by atoms with Crippen LogP contribution in [0.2, 0.25) is 0 Å². The van der Waals surface area contributed by atoms with Gasteiger partial charge in [-0.1, -0.05) is 78.9 Å². The molecule has 1 aliphatic rings. The maximum atomic E-state index is 14.0. The number of hydrogen-bond acceptors (Lipinski definition) is 3. The molecule has 0 spiro atoms. The molecule has 2 heterocycles. The van der Waals surface area contributed by atoms with Crippen LogP contribution in [0.1, 0.15) is 23.1 Å². The third kappa shape index (κ3) is 3.18. The van der Waals surface area contributed by atoms with E-state index in [1.165, 1.54) is 0 Å². The summed E-state index contributed by atoms with van der Waals surface area (Å²) in [5, 5.41) is 0. The number of furan rings is 1. The molecule has 0 fully saturated rings. The number of para-hydroxylation sites is 1. The number of carbonyl (C=O) groups is 1. The van der Waals surface area contributed by atoms with Crippen LogP contribution in [-0.4, -0.2) is 5.91 Å². The molecule has 0 saturated carbocycles. The normalized spacial score (nSPS) is 16.5. The number of anilines is 1. The Bertz CT molecular complexity index is 1170. The molecule has 30 heavy (non-hydrogen) atoms. The van der Waals surface area contributed by atoms with E-state index >= 15 is 0 Å². The monoisotopic (exact) mass is 393 g/mol. The molecule has 0 aliphatic carbocycles. The van der Waals surface area contributed by atoms with Gasteiger partial charge < -0.3 is 9.15 Å². The molecule has 0 unspecified atom stereocenters. The Hall–Kier alpha value is -4.05. The molecule has 1 aliphatic heterocycles. The van der Waals surface area contributed by atoms with Crippen LogP contribution >= 0.6 is 0 Å². The summed E-state index contributed by atoms with van der Waals surface area (Å²) in [6.45, 7) is 0. The molecule has 4 heteroatoms. The number of amides is 1. The van der Waals surface area contributed by atoms with E-state index in [9.17, 15) is 4.79 Å². The van der Waals surface area contributed by atoms with E-state index in [0.717, 1.165) is 16.8 Å². The van der Waals surface area contributed by atoms with Crippen LogP contribution in [0.5, 0.6) is 0 Å². The van der Waals surface area contributed by atoms with Crippen LogP contribution in [0.3, 0.4) is 0 Å². The maximum Gasteiger partial charge on any atom is 0.265 e. The van der Waals surface area contributed by atoms with Crippen molar-refractivity contribution in [2.45, 2.75) is 6.23 Å². The number of carbonyl (C=O) groups excluding carboxylic acids is 1. The number of ether oxygens (including phenoxy) is 1. The van der Waals surface area contributed by atoms with Gasteiger partial charge in [0.1, 0.15) is 5.76 Å². The fourth-order valence-electron chi connectivity index (χ4n) is 3.67. The van der Waals surface area contributed by atoms with E-state index in [1.54, 1.807) is 17.2 Å². The zero-order chi connectivity index (χ0) is 20.3. The van der Waals surface area contributed by atoms with Crippen LogP contribution in [0.25, 0.3) is 11.3 Å². The average molecular weight is 393 g/mol. The summed E-state index contributed by atoms with van der Waals surface area (Å²) in [7, 11) is 0. The molecule has 3 aromatic carbocycles. The summed E-state index contributed by atoms with van der Waals surface area (Å²) in [5.41, 5.74) is 2.91. The molecular weight excluding hydrogens is 374 g/mol. The summed E-state index contributed by atoms with van der Waals surface area (Å²) in [5.74, 6) is 0.965. The van der Waals surface area contributed by atoms with Crippen LogP contribution in [0.4, 0.5) is 5.69 Å². The number of hydrogen-bond donors (Lipinski definition) is 0. The second-order valence-corrected chi connectivity index (χ2v) is 6.93. The van der Waals surface area contributed by atoms with Crippen molar-refractivity contribution in [3.63, 3.8) is 0 Å². The van der Waals surface area contributed by atoms with Crippen LogP contribution in [0.15, 0.2) is 114 Å². The van der Waals surface area contributed by atoms with Crippen molar-refractivity contribution >= 4 is 22.9 Å². The minimum Gasteiger partial charge on any atom is -0.463 e. The van der Waals surface area contributed by atoms with Crippen molar-refractivity contribution in [3.05, 3.63) is 126 Å². The Morgan fingerprint density at radius 2 is 1.27 bits per heavy atom. The Kier molecular flexibility index (Phi) is 4.66. The summed E-state index contributed by atoms with van der Waals surface area (Å²) in [6.07, 6.45) is 0.878. The first-order valence-electron chi connectivity index (χ1n) is 9.77.